The van der Waals surface area contributed by atoms with Crippen LogP contribution in [0, 0.1) is 0 Å². The molecular formula is C21H16F3NO5. The summed E-state index contributed by atoms with van der Waals surface area (Å²) in [5.74, 6) is 0.152. The Kier molecular flexibility index (Phi) is 4.90. The van der Waals surface area contributed by atoms with Crippen LogP contribution in [0.15, 0.2) is 42.5 Å². The highest BCUT2D eigenvalue weighted by Gasteiger charge is 2.31. The normalized spacial score (nSPS) is 12.8. The number of rotatable bonds is 4. The van der Waals surface area contributed by atoms with Gasteiger partial charge in [0, 0.05) is 18.0 Å². The van der Waals surface area contributed by atoms with Crippen LogP contribution in [0.25, 0.3) is 21.9 Å². The van der Waals surface area contributed by atoms with E-state index in [1.807, 2.05) is 0 Å². The van der Waals surface area contributed by atoms with Gasteiger partial charge in [-0.05, 0) is 46.3 Å². The first kappa shape index (κ1) is 19.8. The van der Waals surface area contributed by atoms with E-state index in [4.69, 9.17) is 9.47 Å². The lowest BCUT2D eigenvalue weighted by atomic mass is 9.89. The molecule has 0 saturated carbocycles. The number of aliphatic hydroxyl groups is 1. The van der Waals surface area contributed by atoms with Crippen molar-refractivity contribution in [2.45, 2.75) is 13.0 Å². The molecule has 30 heavy (non-hydrogen) atoms. The van der Waals surface area contributed by atoms with Gasteiger partial charge in [0.15, 0.2) is 11.5 Å². The summed E-state index contributed by atoms with van der Waals surface area (Å²) in [6, 6.07) is 10.3. The molecule has 3 aromatic rings. The maximum absolute atomic E-state index is 12.5. The van der Waals surface area contributed by atoms with E-state index in [9.17, 15) is 23.1 Å². The molecule has 0 saturated heterocycles. The molecule has 0 radical (unpaired) electrons. The zero-order valence-electron chi connectivity index (χ0n) is 15.7. The molecule has 1 aliphatic rings. The number of hydrogen-bond donors (Lipinski definition) is 2. The second-order valence-corrected chi connectivity index (χ2v) is 6.48. The third kappa shape index (κ3) is 3.48. The highest BCUT2D eigenvalue weighted by atomic mass is 19.4. The van der Waals surface area contributed by atoms with Gasteiger partial charge < -0.3 is 24.6 Å². The predicted molar refractivity (Wildman–Crippen MR) is 102 cm³/mol. The number of nitrogens with one attached hydrogen (secondary N) is 1. The number of aliphatic hydroxyl groups excluding tert-OH is 1. The van der Waals surface area contributed by atoms with Crippen molar-refractivity contribution < 1.29 is 37.3 Å². The van der Waals surface area contributed by atoms with Gasteiger partial charge in [-0.2, -0.15) is 0 Å². The number of fused-ring (bicyclic) bond motifs is 3. The molecule has 0 atom stereocenters. The van der Waals surface area contributed by atoms with Gasteiger partial charge in [-0.1, -0.05) is 18.2 Å². The largest absolute Gasteiger partial charge is 0.573 e. The maximum Gasteiger partial charge on any atom is 0.573 e. The number of carbonyl (C=O) groups is 1. The summed E-state index contributed by atoms with van der Waals surface area (Å²) < 4.78 is 52.5. The molecule has 2 N–H and O–H groups in total. The van der Waals surface area contributed by atoms with E-state index >= 15 is 0 Å². The summed E-state index contributed by atoms with van der Waals surface area (Å²) in [7, 11) is 1.47. The predicted octanol–water partition coefficient (Wildman–Crippen LogP) is 3.99. The summed E-state index contributed by atoms with van der Waals surface area (Å²) in [5.41, 5.74) is 1.51. The molecule has 0 fully saturated rings. The zero-order valence-corrected chi connectivity index (χ0v) is 15.7. The lowest BCUT2D eigenvalue weighted by Gasteiger charge is -2.18. The van der Waals surface area contributed by atoms with Crippen LogP contribution < -0.4 is 19.5 Å². The van der Waals surface area contributed by atoms with Crippen molar-refractivity contribution in [1.82, 2.24) is 5.32 Å². The third-order valence-electron chi connectivity index (χ3n) is 4.75. The van der Waals surface area contributed by atoms with Gasteiger partial charge in [0.2, 0.25) is 6.79 Å². The fourth-order valence-corrected chi connectivity index (χ4v) is 3.54. The van der Waals surface area contributed by atoms with Crippen LogP contribution in [0.2, 0.25) is 0 Å². The molecular weight excluding hydrogens is 403 g/mol. The van der Waals surface area contributed by atoms with Gasteiger partial charge in [-0.3, -0.25) is 4.79 Å². The molecule has 1 heterocycles. The highest BCUT2D eigenvalue weighted by molar-refractivity contribution is 6.10. The Balaban J connectivity index is 1.99. The van der Waals surface area contributed by atoms with Gasteiger partial charge in [-0.15, -0.1) is 13.2 Å². The number of ether oxygens (including phenoxy) is 3. The second-order valence-electron chi connectivity index (χ2n) is 6.48. The summed E-state index contributed by atoms with van der Waals surface area (Å²) >= 11 is 0. The summed E-state index contributed by atoms with van der Waals surface area (Å²) in [5, 5.41) is 13.9. The van der Waals surface area contributed by atoms with Crippen molar-refractivity contribution in [3.8, 4) is 28.4 Å². The third-order valence-corrected chi connectivity index (χ3v) is 4.75. The standard InChI is InChI=1S/C21H16F3NO5/c1-25-20(27)14-8-12-4-7-16-19(29-10-28-16)18(12)17(15(14)9-26)11-2-5-13(6-3-11)30-21(22,23)24/h2-8,26H,9-10H2,1H3,(H,25,27). The van der Waals surface area contributed by atoms with E-state index < -0.39 is 18.9 Å². The quantitative estimate of drug-likeness (QED) is 0.669. The lowest BCUT2D eigenvalue weighted by Crippen LogP contribution is -2.20. The van der Waals surface area contributed by atoms with Gasteiger partial charge in [-0.25, -0.2) is 0 Å². The minimum atomic E-state index is -4.81. The molecule has 6 nitrogen and oxygen atoms in total. The minimum Gasteiger partial charge on any atom is -0.454 e. The molecule has 1 amide bonds. The van der Waals surface area contributed by atoms with E-state index in [0.29, 0.717) is 39.0 Å². The first-order valence-electron chi connectivity index (χ1n) is 8.89. The molecule has 0 bridgehead atoms. The van der Waals surface area contributed by atoms with Crippen LogP contribution in [-0.2, 0) is 6.61 Å². The van der Waals surface area contributed by atoms with Crippen molar-refractivity contribution in [1.29, 1.82) is 0 Å². The number of amides is 1. The first-order valence-corrected chi connectivity index (χ1v) is 8.89. The van der Waals surface area contributed by atoms with Gasteiger partial charge in [0.25, 0.3) is 5.91 Å². The second kappa shape index (κ2) is 7.42. The maximum atomic E-state index is 12.5. The fraction of sp³-hybridized carbons (Fsp3) is 0.190. The van der Waals surface area contributed by atoms with Crippen molar-refractivity contribution >= 4 is 16.7 Å². The molecule has 9 heteroatoms. The van der Waals surface area contributed by atoms with Crippen LogP contribution in [-0.4, -0.2) is 31.2 Å². The Bertz CT molecular complexity index is 1130. The van der Waals surface area contributed by atoms with Crippen LogP contribution in [0.1, 0.15) is 15.9 Å². The number of alkyl halides is 3. The Morgan fingerprint density at radius 3 is 2.53 bits per heavy atom. The molecule has 4 rings (SSSR count). The topological polar surface area (TPSA) is 77.0 Å². The smallest absolute Gasteiger partial charge is 0.454 e. The molecule has 0 spiro atoms. The fourth-order valence-electron chi connectivity index (χ4n) is 3.54. The van der Waals surface area contributed by atoms with Crippen LogP contribution in [0.3, 0.4) is 0 Å². The highest BCUT2D eigenvalue weighted by Crippen LogP contribution is 2.46. The monoisotopic (exact) mass is 419 g/mol. The molecule has 156 valence electrons. The Morgan fingerprint density at radius 1 is 1.17 bits per heavy atom. The van der Waals surface area contributed by atoms with E-state index in [1.54, 1.807) is 18.2 Å². The first-order chi connectivity index (χ1) is 14.3. The Hall–Kier alpha value is -3.46. The van der Waals surface area contributed by atoms with Crippen molar-refractivity contribution in [2.75, 3.05) is 13.8 Å². The van der Waals surface area contributed by atoms with E-state index in [0.717, 1.165) is 0 Å². The Morgan fingerprint density at radius 2 is 1.90 bits per heavy atom. The van der Waals surface area contributed by atoms with E-state index in [-0.39, 0.29) is 18.1 Å². The SMILES string of the molecule is CNC(=O)c1cc2ccc3c(c2c(-c2ccc(OC(F)(F)F)cc2)c1CO)OCO3. The van der Waals surface area contributed by atoms with E-state index in [2.05, 4.69) is 10.1 Å². The minimum absolute atomic E-state index is 0.0118. The molecule has 0 aromatic heterocycles. The molecule has 0 unspecified atom stereocenters. The lowest BCUT2D eigenvalue weighted by molar-refractivity contribution is -0.274. The summed E-state index contributed by atoms with van der Waals surface area (Å²) in [4.78, 5) is 12.4. The van der Waals surface area contributed by atoms with Crippen LogP contribution in [0.4, 0.5) is 13.2 Å². The average Bonchev–Trinajstić information content (AvgIpc) is 3.20. The number of carbonyl (C=O) groups excluding carboxylic acids is 1. The number of halogens is 3. The van der Waals surface area contributed by atoms with Crippen molar-refractivity contribution in [3.05, 3.63) is 53.6 Å². The van der Waals surface area contributed by atoms with Gasteiger partial charge >= 0.3 is 6.36 Å². The van der Waals surface area contributed by atoms with Crippen LogP contribution >= 0.6 is 0 Å². The van der Waals surface area contributed by atoms with Crippen LogP contribution in [0.5, 0.6) is 17.2 Å². The zero-order chi connectivity index (χ0) is 21.5. The average molecular weight is 419 g/mol. The molecule has 0 aliphatic carbocycles. The van der Waals surface area contributed by atoms with Gasteiger partial charge in [0.1, 0.15) is 5.75 Å². The summed E-state index contributed by atoms with van der Waals surface area (Å²) in [6.07, 6.45) is -4.81. The molecule has 1 aliphatic heterocycles. The molecule has 3 aromatic carbocycles. The summed E-state index contributed by atoms with van der Waals surface area (Å²) in [6.45, 7) is -0.461. The van der Waals surface area contributed by atoms with Crippen molar-refractivity contribution in [3.63, 3.8) is 0 Å². The Labute approximate surface area is 168 Å². The van der Waals surface area contributed by atoms with Crippen molar-refractivity contribution in [2.24, 2.45) is 0 Å². The van der Waals surface area contributed by atoms with E-state index in [1.165, 1.54) is 31.3 Å². The van der Waals surface area contributed by atoms with Gasteiger partial charge in [0.05, 0.1) is 6.61 Å². The number of benzene rings is 3. The number of hydrogen-bond acceptors (Lipinski definition) is 5.